The Morgan fingerprint density at radius 3 is 1.37 bits per heavy atom. The molecule has 0 aromatic carbocycles. The standard InChI is InChI=1S/C22H45NO.2C2H7N.H2O4S/c1-3-5-6-7-8-9-10-11-12-13-14-15-16-17-18-22(4-2)21-23-19-20-24-22;2*1-2-3;1-5(2,3)4/h23H,3-21H2,1-2H3;2*2-3H2,1H3;(H2,1,2,3,4). The van der Waals surface area contributed by atoms with Crippen LogP contribution in [0.25, 0.3) is 0 Å². The SMILES string of the molecule is CCCCCCCCCCCCCCCCC1(CC)CNCCO1.CCN.CCN.O=S(=O)(O)O. The van der Waals surface area contributed by atoms with Gasteiger partial charge in [-0.2, -0.15) is 8.42 Å². The van der Waals surface area contributed by atoms with Crippen LogP contribution in [0.4, 0.5) is 0 Å². The molecule has 8 nitrogen and oxygen atoms in total. The summed E-state index contributed by atoms with van der Waals surface area (Å²) in [6.45, 7) is 12.9. The first kappa shape index (κ1) is 39.2. The quantitative estimate of drug-likeness (QED) is 0.123. The predicted molar refractivity (Wildman–Crippen MR) is 150 cm³/mol. The zero-order valence-electron chi connectivity index (χ0n) is 23.5. The van der Waals surface area contributed by atoms with E-state index in [0.29, 0.717) is 0 Å². The summed E-state index contributed by atoms with van der Waals surface area (Å²) in [6, 6.07) is 0. The van der Waals surface area contributed by atoms with E-state index in [4.69, 9.17) is 33.7 Å². The van der Waals surface area contributed by atoms with E-state index < -0.39 is 10.4 Å². The second kappa shape index (κ2) is 29.9. The van der Waals surface area contributed by atoms with Gasteiger partial charge in [-0.1, -0.05) is 118 Å². The first-order chi connectivity index (χ1) is 16.7. The van der Waals surface area contributed by atoms with Gasteiger partial charge in [0, 0.05) is 13.1 Å². The summed E-state index contributed by atoms with van der Waals surface area (Å²) in [4.78, 5) is 0. The van der Waals surface area contributed by atoms with Crippen molar-refractivity contribution in [2.24, 2.45) is 11.5 Å². The number of nitrogens with one attached hydrogen (secondary N) is 1. The fourth-order valence-corrected chi connectivity index (χ4v) is 3.91. The molecule has 0 aromatic rings. The zero-order chi connectivity index (χ0) is 27.3. The molecule has 1 aliphatic rings. The van der Waals surface area contributed by atoms with Crippen LogP contribution in [0.1, 0.15) is 130 Å². The van der Waals surface area contributed by atoms with Crippen molar-refractivity contribution in [1.29, 1.82) is 0 Å². The highest BCUT2D eigenvalue weighted by Crippen LogP contribution is 2.25. The number of unbranched alkanes of at least 4 members (excludes halogenated alkanes) is 13. The smallest absolute Gasteiger partial charge is 0.372 e. The molecule has 0 aromatic heterocycles. The van der Waals surface area contributed by atoms with E-state index in [1.165, 1.54) is 96.3 Å². The topological polar surface area (TPSA) is 148 Å². The van der Waals surface area contributed by atoms with Crippen LogP contribution in [-0.4, -0.2) is 55.9 Å². The summed E-state index contributed by atoms with van der Waals surface area (Å²) in [5.41, 5.74) is 9.84. The van der Waals surface area contributed by atoms with Crippen molar-refractivity contribution in [1.82, 2.24) is 5.32 Å². The minimum Gasteiger partial charge on any atom is -0.372 e. The molecule has 0 radical (unpaired) electrons. The summed E-state index contributed by atoms with van der Waals surface area (Å²) in [7, 11) is -4.67. The fraction of sp³-hybridized carbons (Fsp3) is 1.00. The minimum absolute atomic E-state index is 0.148. The Kier molecular flexibility index (Phi) is 33.6. The lowest BCUT2D eigenvalue weighted by Gasteiger charge is -2.37. The lowest BCUT2D eigenvalue weighted by Crippen LogP contribution is -2.49. The van der Waals surface area contributed by atoms with E-state index >= 15 is 0 Å². The molecule has 7 N–H and O–H groups in total. The molecule has 1 fully saturated rings. The molecule has 1 saturated heterocycles. The summed E-state index contributed by atoms with van der Waals surface area (Å²) >= 11 is 0. The molecule has 0 amide bonds. The van der Waals surface area contributed by atoms with E-state index in [0.717, 1.165) is 39.2 Å². The molecular weight excluding hydrogens is 466 g/mol. The van der Waals surface area contributed by atoms with Gasteiger partial charge in [0.1, 0.15) is 0 Å². The van der Waals surface area contributed by atoms with Gasteiger partial charge in [0.05, 0.1) is 12.2 Å². The number of hydrogen-bond acceptors (Lipinski definition) is 6. The highest BCUT2D eigenvalue weighted by molar-refractivity contribution is 7.79. The van der Waals surface area contributed by atoms with Crippen LogP contribution in [0.3, 0.4) is 0 Å². The molecule has 0 spiro atoms. The molecule has 0 saturated carbocycles. The van der Waals surface area contributed by atoms with Crippen molar-refractivity contribution in [2.75, 3.05) is 32.8 Å². The van der Waals surface area contributed by atoms with Crippen LogP contribution >= 0.6 is 0 Å². The van der Waals surface area contributed by atoms with E-state index in [1.807, 2.05) is 13.8 Å². The number of hydrogen-bond donors (Lipinski definition) is 5. The van der Waals surface area contributed by atoms with Gasteiger partial charge < -0.3 is 21.5 Å². The van der Waals surface area contributed by atoms with Crippen molar-refractivity contribution in [3.05, 3.63) is 0 Å². The van der Waals surface area contributed by atoms with Crippen molar-refractivity contribution in [3.8, 4) is 0 Å². The molecule has 216 valence electrons. The molecule has 1 atom stereocenters. The van der Waals surface area contributed by atoms with Crippen LogP contribution in [0, 0.1) is 0 Å². The normalized spacial score (nSPS) is 17.3. The fourth-order valence-electron chi connectivity index (χ4n) is 3.91. The molecule has 0 aliphatic carbocycles. The average Bonchev–Trinajstić information content (AvgIpc) is 2.80. The largest absolute Gasteiger partial charge is 0.394 e. The molecular formula is C26H61N3O5S. The monoisotopic (exact) mass is 527 g/mol. The van der Waals surface area contributed by atoms with Gasteiger partial charge in [-0.25, -0.2) is 0 Å². The third-order valence-corrected chi connectivity index (χ3v) is 5.76. The first-order valence-corrected chi connectivity index (χ1v) is 15.5. The van der Waals surface area contributed by atoms with Gasteiger partial charge in [-0.3, -0.25) is 9.11 Å². The lowest BCUT2D eigenvalue weighted by atomic mass is 9.91. The number of nitrogens with two attached hydrogens (primary N) is 2. The second-order valence-electron chi connectivity index (χ2n) is 9.17. The van der Waals surface area contributed by atoms with Crippen LogP contribution in [0.5, 0.6) is 0 Å². The lowest BCUT2D eigenvalue weighted by molar-refractivity contribution is -0.0748. The molecule has 0 bridgehead atoms. The first-order valence-electron chi connectivity index (χ1n) is 14.1. The number of rotatable bonds is 16. The van der Waals surface area contributed by atoms with Crippen molar-refractivity contribution in [3.63, 3.8) is 0 Å². The van der Waals surface area contributed by atoms with Gasteiger partial charge in [-0.05, 0) is 25.9 Å². The van der Waals surface area contributed by atoms with Crippen LogP contribution in [0.2, 0.25) is 0 Å². The van der Waals surface area contributed by atoms with E-state index in [2.05, 4.69) is 19.2 Å². The Labute approximate surface area is 218 Å². The van der Waals surface area contributed by atoms with Gasteiger partial charge in [-0.15, -0.1) is 0 Å². The van der Waals surface area contributed by atoms with Crippen molar-refractivity contribution in [2.45, 2.75) is 136 Å². The Hall–Kier alpha value is -0.290. The number of ether oxygens (including phenoxy) is 1. The summed E-state index contributed by atoms with van der Waals surface area (Å²) in [5, 5.41) is 3.50. The van der Waals surface area contributed by atoms with Crippen molar-refractivity contribution < 1.29 is 22.3 Å². The zero-order valence-corrected chi connectivity index (χ0v) is 24.3. The van der Waals surface area contributed by atoms with E-state index in [-0.39, 0.29) is 5.60 Å². The maximum Gasteiger partial charge on any atom is 0.394 e. The maximum absolute atomic E-state index is 8.74. The number of morpholine rings is 1. The Morgan fingerprint density at radius 2 is 1.09 bits per heavy atom. The van der Waals surface area contributed by atoms with Gasteiger partial charge >= 0.3 is 10.4 Å². The highest BCUT2D eigenvalue weighted by Gasteiger charge is 2.30. The molecule has 1 rings (SSSR count). The van der Waals surface area contributed by atoms with E-state index in [9.17, 15) is 0 Å². The van der Waals surface area contributed by atoms with Crippen molar-refractivity contribution >= 4 is 10.4 Å². The van der Waals surface area contributed by atoms with Crippen LogP contribution in [-0.2, 0) is 15.1 Å². The van der Waals surface area contributed by atoms with Crippen LogP contribution < -0.4 is 16.8 Å². The van der Waals surface area contributed by atoms with Gasteiger partial charge in [0.15, 0.2) is 0 Å². The highest BCUT2D eigenvalue weighted by atomic mass is 32.3. The predicted octanol–water partition coefficient (Wildman–Crippen LogP) is 5.90. The van der Waals surface area contributed by atoms with E-state index in [1.54, 1.807) is 0 Å². The van der Waals surface area contributed by atoms with Gasteiger partial charge in [0.2, 0.25) is 0 Å². The van der Waals surface area contributed by atoms with Crippen LogP contribution in [0.15, 0.2) is 0 Å². The molecule has 1 heterocycles. The summed E-state index contributed by atoms with van der Waals surface area (Å²) < 4.78 is 37.6. The molecule has 1 unspecified atom stereocenters. The molecule has 1 aliphatic heterocycles. The third kappa shape index (κ3) is 38.4. The van der Waals surface area contributed by atoms with Gasteiger partial charge in [0.25, 0.3) is 0 Å². The molecule has 35 heavy (non-hydrogen) atoms. The average molecular weight is 528 g/mol. The Bertz CT molecular complexity index is 477. The third-order valence-electron chi connectivity index (χ3n) is 5.76. The maximum atomic E-state index is 8.74. The Morgan fingerprint density at radius 1 is 0.743 bits per heavy atom. The minimum atomic E-state index is -4.67. The Balaban J connectivity index is -0.000000781. The molecule has 9 heteroatoms. The second-order valence-corrected chi connectivity index (χ2v) is 10.1. The summed E-state index contributed by atoms with van der Waals surface area (Å²) in [6.07, 6.45) is 22.5. The summed E-state index contributed by atoms with van der Waals surface area (Å²) in [5.74, 6) is 0.